The van der Waals surface area contributed by atoms with E-state index in [1.54, 1.807) is 35.2 Å². The number of para-hydroxylation sites is 1. The van der Waals surface area contributed by atoms with E-state index in [0.29, 0.717) is 36.0 Å². The van der Waals surface area contributed by atoms with Crippen LogP contribution in [0, 0.1) is 0 Å². The summed E-state index contributed by atoms with van der Waals surface area (Å²) in [5, 5.41) is 0. The van der Waals surface area contributed by atoms with Crippen LogP contribution in [0.2, 0.25) is 0 Å². The first-order valence-corrected chi connectivity index (χ1v) is 7.39. The Morgan fingerprint density at radius 2 is 1.83 bits per heavy atom. The van der Waals surface area contributed by atoms with E-state index >= 15 is 0 Å². The summed E-state index contributed by atoms with van der Waals surface area (Å²) in [7, 11) is 0. The summed E-state index contributed by atoms with van der Waals surface area (Å²) < 4.78 is 39.1. The average Bonchev–Trinajstić information content (AvgIpc) is 3.04. The first-order chi connectivity index (χ1) is 11.5. The van der Waals surface area contributed by atoms with E-state index in [1.807, 2.05) is 0 Å². The molecule has 4 nitrogen and oxygen atoms in total. The third kappa shape index (κ3) is 2.16. The number of halogens is 3. The number of aliphatic imine (C=N–C) groups is 1. The molecular weight excluding hydrogens is 319 g/mol. The van der Waals surface area contributed by atoms with Crippen molar-refractivity contribution in [3.8, 4) is 0 Å². The van der Waals surface area contributed by atoms with Gasteiger partial charge in [0.1, 0.15) is 0 Å². The predicted molar refractivity (Wildman–Crippen MR) is 83.4 cm³/mol. The van der Waals surface area contributed by atoms with Gasteiger partial charge < -0.3 is 0 Å². The van der Waals surface area contributed by atoms with Gasteiger partial charge in [0.15, 0.2) is 0 Å². The zero-order chi connectivity index (χ0) is 16.9. The number of rotatable bonds is 1. The molecule has 2 aliphatic rings. The molecule has 0 radical (unpaired) electrons. The summed E-state index contributed by atoms with van der Waals surface area (Å²) in [6.45, 7) is 0.864. The largest absolute Gasteiger partial charge is 0.416 e. The topological polar surface area (TPSA) is 35.9 Å². The van der Waals surface area contributed by atoms with Gasteiger partial charge in [-0.3, -0.25) is 19.6 Å². The fraction of sp³-hybridized carbons (Fsp3) is 0.176. The van der Waals surface area contributed by atoms with Crippen molar-refractivity contribution >= 4 is 23.2 Å². The number of benzene rings is 2. The molecule has 24 heavy (non-hydrogen) atoms. The number of nitrogens with zero attached hydrogens (tertiary/aromatic N) is 3. The molecule has 4 rings (SSSR count). The summed E-state index contributed by atoms with van der Waals surface area (Å²) in [5.41, 5.74) is 0.587. The molecule has 0 saturated heterocycles. The lowest BCUT2D eigenvalue weighted by atomic mass is 10.1. The number of alkyl halides is 3. The molecule has 0 aliphatic carbocycles. The molecule has 7 heteroatoms. The Kier molecular flexibility index (Phi) is 3.13. The predicted octanol–water partition coefficient (Wildman–Crippen LogP) is 3.67. The monoisotopic (exact) mass is 331 g/mol. The number of carbonyl (C=O) groups is 1. The molecule has 0 saturated carbocycles. The minimum absolute atomic E-state index is 0.176. The molecular formula is C17H12F3N3O. The van der Waals surface area contributed by atoms with Crippen LogP contribution in [-0.4, -0.2) is 29.9 Å². The number of hydrogen-bond acceptors (Lipinski definition) is 3. The number of anilines is 2. The van der Waals surface area contributed by atoms with Crippen LogP contribution in [0.25, 0.3) is 0 Å². The minimum atomic E-state index is -4.43. The molecule has 122 valence electrons. The zero-order valence-electron chi connectivity index (χ0n) is 12.4. The van der Waals surface area contributed by atoms with Crippen LogP contribution in [0.5, 0.6) is 0 Å². The minimum Gasteiger partial charge on any atom is -0.280 e. The highest BCUT2D eigenvalue weighted by atomic mass is 19.4. The Bertz CT molecular complexity index is 860. The van der Waals surface area contributed by atoms with Gasteiger partial charge in [-0.2, -0.15) is 13.2 Å². The van der Waals surface area contributed by atoms with E-state index in [9.17, 15) is 18.0 Å². The van der Waals surface area contributed by atoms with Gasteiger partial charge in [0.05, 0.1) is 23.4 Å². The first-order valence-electron chi connectivity index (χ1n) is 7.39. The SMILES string of the molecule is O=C1c2ccccc2N(c2cccc(C(F)(F)F)c2)C2=NCCN12. The van der Waals surface area contributed by atoms with Crippen LogP contribution >= 0.6 is 0 Å². The van der Waals surface area contributed by atoms with Crippen LogP contribution in [0.1, 0.15) is 15.9 Å². The summed E-state index contributed by atoms with van der Waals surface area (Å²) in [6.07, 6.45) is -4.43. The second-order valence-corrected chi connectivity index (χ2v) is 5.54. The number of hydrogen-bond donors (Lipinski definition) is 0. The van der Waals surface area contributed by atoms with Gasteiger partial charge in [-0.15, -0.1) is 0 Å². The third-order valence-corrected chi connectivity index (χ3v) is 4.07. The maximum Gasteiger partial charge on any atom is 0.416 e. The summed E-state index contributed by atoms with van der Waals surface area (Å²) in [4.78, 5) is 20.0. The van der Waals surface area contributed by atoms with E-state index in [1.165, 1.54) is 11.0 Å². The van der Waals surface area contributed by atoms with Crippen LogP contribution in [0.4, 0.5) is 24.5 Å². The van der Waals surface area contributed by atoms with E-state index < -0.39 is 11.7 Å². The van der Waals surface area contributed by atoms with Gasteiger partial charge >= 0.3 is 6.18 Å². The van der Waals surface area contributed by atoms with Gasteiger partial charge in [-0.05, 0) is 30.3 Å². The van der Waals surface area contributed by atoms with Gasteiger partial charge in [0, 0.05) is 12.2 Å². The second-order valence-electron chi connectivity index (χ2n) is 5.54. The molecule has 2 aromatic rings. The maximum atomic E-state index is 13.0. The molecule has 0 atom stereocenters. The Labute approximate surface area is 135 Å². The van der Waals surface area contributed by atoms with Crippen molar-refractivity contribution in [3.05, 3.63) is 59.7 Å². The molecule has 2 heterocycles. The maximum absolute atomic E-state index is 13.0. The van der Waals surface area contributed by atoms with Gasteiger partial charge in [-0.1, -0.05) is 18.2 Å². The van der Waals surface area contributed by atoms with E-state index in [4.69, 9.17) is 0 Å². The molecule has 0 N–H and O–H groups in total. The van der Waals surface area contributed by atoms with Crippen molar-refractivity contribution in [2.24, 2.45) is 4.99 Å². The van der Waals surface area contributed by atoms with Crippen molar-refractivity contribution in [2.45, 2.75) is 6.18 Å². The molecule has 2 aliphatic heterocycles. The van der Waals surface area contributed by atoms with Crippen LogP contribution in [0.15, 0.2) is 53.5 Å². The standard InChI is InChI=1S/C17H12F3N3O/c18-17(19,20)11-4-3-5-12(10-11)23-14-7-2-1-6-13(14)15(24)22-9-8-21-16(22)23/h1-7,10H,8-9H2. The van der Waals surface area contributed by atoms with Crippen LogP contribution in [-0.2, 0) is 6.18 Å². The average molecular weight is 331 g/mol. The summed E-state index contributed by atoms with van der Waals surface area (Å²) in [6, 6.07) is 11.9. The highest BCUT2D eigenvalue weighted by Crippen LogP contribution is 2.38. The van der Waals surface area contributed by atoms with Crippen molar-refractivity contribution in [1.29, 1.82) is 0 Å². The smallest absolute Gasteiger partial charge is 0.280 e. The van der Waals surface area contributed by atoms with Crippen LogP contribution in [0.3, 0.4) is 0 Å². The number of carbonyl (C=O) groups excluding carboxylic acids is 1. The first kappa shape index (κ1) is 14.7. The Hall–Kier alpha value is -2.83. The van der Waals surface area contributed by atoms with Crippen molar-refractivity contribution in [3.63, 3.8) is 0 Å². The third-order valence-electron chi connectivity index (χ3n) is 4.07. The Balaban J connectivity index is 1.91. The highest BCUT2D eigenvalue weighted by molar-refractivity contribution is 6.21. The number of fused-ring (bicyclic) bond motifs is 2. The zero-order valence-corrected chi connectivity index (χ0v) is 12.4. The second kappa shape index (κ2) is 5.09. The molecule has 0 unspecified atom stereocenters. The lowest BCUT2D eigenvalue weighted by Gasteiger charge is -2.36. The summed E-state index contributed by atoms with van der Waals surface area (Å²) >= 11 is 0. The fourth-order valence-corrected chi connectivity index (χ4v) is 3.00. The highest BCUT2D eigenvalue weighted by Gasteiger charge is 2.38. The van der Waals surface area contributed by atoms with Crippen molar-refractivity contribution < 1.29 is 18.0 Å². The molecule has 0 spiro atoms. The fourth-order valence-electron chi connectivity index (χ4n) is 3.00. The van der Waals surface area contributed by atoms with Gasteiger partial charge in [0.2, 0.25) is 5.96 Å². The van der Waals surface area contributed by atoms with E-state index in [-0.39, 0.29) is 5.91 Å². The van der Waals surface area contributed by atoms with Gasteiger partial charge in [-0.25, -0.2) is 0 Å². The van der Waals surface area contributed by atoms with E-state index in [2.05, 4.69) is 4.99 Å². The molecule has 1 amide bonds. The van der Waals surface area contributed by atoms with E-state index in [0.717, 1.165) is 12.1 Å². The lowest BCUT2D eigenvalue weighted by molar-refractivity contribution is -0.137. The molecule has 0 fully saturated rings. The van der Waals surface area contributed by atoms with Crippen LogP contribution < -0.4 is 4.90 Å². The van der Waals surface area contributed by atoms with Crippen molar-refractivity contribution in [1.82, 2.24) is 4.90 Å². The molecule has 0 bridgehead atoms. The van der Waals surface area contributed by atoms with Gasteiger partial charge in [0.25, 0.3) is 5.91 Å². The number of guanidine groups is 1. The number of amides is 1. The van der Waals surface area contributed by atoms with Crippen molar-refractivity contribution in [2.75, 3.05) is 18.0 Å². The lowest BCUT2D eigenvalue weighted by Crippen LogP contribution is -2.47. The molecule has 0 aromatic heterocycles. The quantitative estimate of drug-likeness (QED) is 0.799. The molecule has 2 aromatic carbocycles. The Morgan fingerprint density at radius 1 is 1.04 bits per heavy atom. The summed E-state index contributed by atoms with van der Waals surface area (Å²) in [5.74, 6) is 0.197. The Morgan fingerprint density at radius 3 is 2.62 bits per heavy atom. The normalized spacial score (nSPS) is 16.8.